The number of piperidine rings is 1. The van der Waals surface area contributed by atoms with Crippen molar-refractivity contribution < 1.29 is 23.5 Å². The number of aryl methyl sites for hydroxylation is 1. The van der Waals surface area contributed by atoms with Gasteiger partial charge in [0.25, 0.3) is 0 Å². The molecule has 0 unspecified atom stereocenters. The summed E-state index contributed by atoms with van der Waals surface area (Å²) in [6.07, 6.45) is 6.80. The number of nitrogens with zero attached hydrogens (tertiary/aromatic N) is 1. The van der Waals surface area contributed by atoms with E-state index >= 15 is 0 Å². The Labute approximate surface area is 204 Å². The van der Waals surface area contributed by atoms with Gasteiger partial charge in [0.1, 0.15) is 17.1 Å². The number of Topliss-reactive ketones (excluding diaryl/α,β-unsaturated/α-hetero) is 1. The summed E-state index contributed by atoms with van der Waals surface area (Å²) in [4.78, 5) is 42.3. The summed E-state index contributed by atoms with van der Waals surface area (Å²) in [6.45, 7) is 3.86. The summed E-state index contributed by atoms with van der Waals surface area (Å²) in [7, 11) is 0. The van der Waals surface area contributed by atoms with Gasteiger partial charge in [-0.25, -0.2) is 0 Å². The van der Waals surface area contributed by atoms with Crippen molar-refractivity contribution in [2.45, 2.75) is 62.9 Å². The van der Waals surface area contributed by atoms with Crippen molar-refractivity contribution in [3.05, 3.63) is 72.2 Å². The van der Waals surface area contributed by atoms with Gasteiger partial charge in [-0.3, -0.25) is 14.4 Å². The number of ketones is 1. The second-order valence-electron chi connectivity index (χ2n) is 10.4. The van der Waals surface area contributed by atoms with Crippen molar-refractivity contribution in [2.75, 3.05) is 0 Å². The predicted molar refractivity (Wildman–Crippen MR) is 127 cm³/mol. The van der Waals surface area contributed by atoms with Crippen LogP contribution in [0.4, 0.5) is 0 Å². The van der Waals surface area contributed by atoms with Crippen LogP contribution in [-0.4, -0.2) is 46.3 Å². The molecule has 0 radical (unpaired) electrons. The van der Waals surface area contributed by atoms with E-state index in [0.29, 0.717) is 5.76 Å². The first-order chi connectivity index (χ1) is 16.9. The van der Waals surface area contributed by atoms with E-state index in [1.165, 1.54) is 5.56 Å². The van der Waals surface area contributed by atoms with E-state index in [1.54, 1.807) is 23.3 Å². The molecule has 1 aromatic heterocycles. The summed E-state index contributed by atoms with van der Waals surface area (Å²) < 4.78 is 12.1. The number of ether oxygens (including phenoxy) is 1. The monoisotopic (exact) mass is 474 g/mol. The molecule has 7 nitrogen and oxygen atoms in total. The Morgan fingerprint density at radius 2 is 2.00 bits per heavy atom. The fourth-order valence-electron chi connectivity index (χ4n) is 6.70. The lowest BCUT2D eigenvalue weighted by atomic mass is 9.70. The molecule has 8 atom stereocenters. The molecule has 3 saturated heterocycles. The van der Waals surface area contributed by atoms with E-state index < -0.39 is 35.6 Å². The van der Waals surface area contributed by atoms with Crippen molar-refractivity contribution >= 4 is 17.6 Å². The number of furan rings is 1. The molecular weight excluding hydrogens is 444 g/mol. The molecule has 7 heteroatoms. The third-order valence-electron chi connectivity index (χ3n) is 8.35. The average Bonchev–Trinajstić information content (AvgIpc) is 3.63. The number of carbonyl (C=O) groups is 3. The predicted octanol–water partition coefficient (Wildman–Crippen LogP) is 3.22. The Morgan fingerprint density at radius 1 is 1.20 bits per heavy atom. The molecule has 4 aliphatic heterocycles. The number of hydrogen-bond acceptors (Lipinski definition) is 5. The number of amides is 2. The maximum Gasteiger partial charge on any atom is 0.230 e. The van der Waals surface area contributed by atoms with E-state index in [9.17, 15) is 14.4 Å². The number of fused-ring (bicyclic) bond motifs is 2. The first kappa shape index (κ1) is 22.3. The van der Waals surface area contributed by atoms with E-state index in [1.807, 2.05) is 44.2 Å². The molecule has 1 spiro atoms. The second kappa shape index (κ2) is 8.19. The molecule has 0 aliphatic carbocycles. The maximum absolute atomic E-state index is 14.0. The number of nitrogens with one attached hydrogen (secondary N) is 1. The third kappa shape index (κ3) is 3.32. The van der Waals surface area contributed by atoms with Crippen LogP contribution in [0.2, 0.25) is 0 Å². The van der Waals surface area contributed by atoms with Gasteiger partial charge in [-0.1, -0.05) is 49.4 Å². The Morgan fingerprint density at radius 3 is 2.74 bits per heavy atom. The molecule has 5 heterocycles. The molecular formula is C28H30N2O5. The number of rotatable bonds is 6. The van der Waals surface area contributed by atoms with Crippen LogP contribution in [0.5, 0.6) is 0 Å². The standard InChI is InChI=1S/C28H30N2O5/c1-16(10-11-18-7-4-3-5-8-18)29-26(32)23-22-12-13-28(35-22)24(23)27(33)30-19(21-9-6-14-34-21)15-20(31)17(2)25(28)30/h3-9,12-14,16-17,19,22-25H,10-11,15H2,1-2H3,(H,29,32)/t16-,17+,19+,22-,23+,24-,25-,28+/m1/s1. The average molecular weight is 475 g/mol. The van der Waals surface area contributed by atoms with Crippen LogP contribution < -0.4 is 5.32 Å². The molecule has 6 rings (SSSR count). The van der Waals surface area contributed by atoms with Gasteiger partial charge in [-0.15, -0.1) is 0 Å². The van der Waals surface area contributed by atoms with Gasteiger partial charge in [0.15, 0.2) is 0 Å². The molecule has 182 valence electrons. The topological polar surface area (TPSA) is 88.8 Å². The smallest absolute Gasteiger partial charge is 0.230 e. The van der Waals surface area contributed by atoms with Crippen molar-refractivity contribution in [1.82, 2.24) is 10.2 Å². The molecule has 2 bridgehead atoms. The van der Waals surface area contributed by atoms with Crippen LogP contribution in [-0.2, 0) is 25.5 Å². The Balaban J connectivity index is 1.25. The maximum atomic E-state index is 14.0. The van der Waals surface area contributed by atoms with Crippen LogP contribution >= 0.6 is 0 Å². The molecule has 1 aromatic carbocycles. The van der Waals surface area contributed by atoms with E-state index in [2.05, 4.69) is 17.4 Å². The van der Waals surface area contributed by atoms with Crippen LogP contribution in [0, 0.1) is 17.8 Å². The SMILES string of the molecule is C[C@H](CCc1ccccc1)NC(=O)[C@H]1[C@H]2C=C[C@]3(O2)[C@H]1C(=O)N1[C@H](c2ccco2)CC(=O)[C@H](C)[C@@H]13. The summed E-state index contributed by atoms with van der Waals surface area (Å²) in [5.41, 5.74) is 0.265. The first-order valence-electron chi connectivity index (χ1n) is 12.5. The summed E-state index contributed by atoms with van der Waals surface area (Å²) in [5, 5.41) is 3.14. The van der Waals surface area contributed by atoms with E-state index in [0.717, 1.165) is 12.8 Å². The third-order valence-corrected chi connectivity index (χ3v) is 8.35. The lowest BCUT2D eigenvalue weighted by Gasteiger charge is -2.43. The first-order valence-corrected chi connectivity index (χ1v) is 12.5. The zero-order chi connectivity index (χ0) is 24.3. The van der Waals surface area contributed by atoms with Crippen molar-refractivity contribution in [3.63, 3.8) is 0 Å². The van der Waals surface area contributed by atoms with E-state index in [4.69, 9.17) is 9.15 Å². The second-order valence-corrected chi connectivity index (χ2v) is 10.4. The zero-order valence-corrected chi connectivity index (χ0v) is 19.9. The Kier molecular flexibility index (Phi) is 5.22. The summed E-state index contributed by atoms with van der Waals surface area (Å²) in [5.74, 6) is -1.25. The zero-order valence-electron chi connectivity index (χ0n) is 19.9. The van der Waals surface area contributed by atoms with Gasteiger partial charge in [0, 0.05) is 18.4 Å². The van der Waals surface area contributed by atoms with Crippen molar-refractivity contribution in [2.24, 2.45) is 17.8 Å². The number of hydrogen-bond donors (Lipinski definition) is 1. The van der Waals surface area contributed by atoms with Gasteiger partial charge in [-0.05, 0) is 37.5 Å². The summed E-state index contributed by atoms with van der Waals surface area (Å²) in [6, 6.07) is 12.8. The normalized spacial score (nSPS) is 35.8. The number of benzene rings is 1. The minimum absolute atomic E-state index is 0.0442. The van der Waals surface area contributed by atoms with Gasteiger partial charge in [0.2, 0.25) is 11.8 Å². The van der Waals surface area contributed by atoms with Gasteiger partial charge in [-0.2, -0.15) is 0 Å². The van der Waals surface area contributed by atoms with E-state index in [-0.39, 0.29) is 36.0 Å². The number of carbonyl (C=O) groups excluding carboxylic acids is 3. The van der Waals surface area contributed by atoms with Crippen LogP contribution in [0.3, 0.4) is 0 Å². The largest absolute Gasteiger partial charge is 0.467 e. The molecule has 3 fully saturated rings. The minimum Gasteiger partial charge on any atom is -0.467 e. The van der Waals surface area contributed by atoms with Crippen molar-refractivity contribution in [1.29, 1.82) is 0 Å². The lowest BCUT2D eigenvalue weighted by molar-refractivity contribution is -0.148. The highest BCUT2D eigenvalue weighted by atomic mass is 16.5. The Bertz CT molecular complexity index is 1180. The van der Waals surface area contributed by atoms with Gasteiger partial charge < -0.3 is 19.4 Å². The highest BCUT2D eigenvalue weighted by Crippen LogP contribution is 2.59. The fourth-order valence-corrected chi connectivity index (χ4v) is 6.70. The Hall–Kier alpha value is -3.19. The lowest BCUT2D eigenvalue weighted by Crippen LogP contribution is -2.55. The quantitative estimate of drug-likeness (QED) is 0.650. The van der Waals surface area contributed by atoms with Crippen LogP contribution in [0.1, 0.15) is 44.1 Å². The highest BCUT2D eigenvalue weighted by molar-refractivity contribution is 5.96. The molecule has 1 N–H and O–H groups in total. The van der Waals surface area contributed by atoms with Gasteiger partial charge in [0.05, 0.1) is 36.3 Å². The van der Waals surface area contributed by atoms with Crippen molar-refractivity contribution in [3.8, 4) is 0 Å². The molecule has 2 aromatic rings. The molecule has 35 heavy (non-hydrogen) atoms. The van der Waals surface area contributed by atoms with Crippen LogP contribution in [0.15, 0.2) is 65.3 Å². The van der Waals surface area contributed by atoms with Crippen LogP contribution in [0.25, 0.3) is 0 Å². The molecule has 2 amide bonds. The van der Waals surface area contributed by atoms with Gasteiger partial charge >= 0.3 is 0 Å². The highest BCUT2D eigenvalue weighted by Gasteiger charge is 2.74. The molecule has 0 saturated carbocycles. The fraction of sp³-hybridized carbons (Fsp3) is 0.464. The summed E-state index contributed by atoms with van der Waals surface area (Å²) >= 11 is 0. The minimum atomic E-state index is -0.961. The molecule has 4 aliphatic rings.